The van der Waals surface area contributed by atoms with Crippen LogP contribution in [0.15, 0.2) is 65.6 Å². The minimum Gasteiger partial charge on any atom is -0.326 e. The Bertz CT molecular complexity index is 1130. The molecule has 0 fully saturated rings. The van der Waals surface area contributed by atoms with Crippen molar-refractivity contribution < 1.29 is 0 Å². The van der Waals surface area contributed by atoms with Gasteiger partial charge in [0, 0.05) is 12.2 Å². The van der Waals surface area contributed by atoms with Crippen LogP contribution in [0.2, 0.25) is 0 Å². The first-order valence-corrected chi connectivity index (χ1v) is 9.14. The fourth-order valence-corrected chi connectivity index (χ4v) is 2.98. The van der Waals surface area contributed by atoms with Crippen LogP contribution < -0.4 is 10.9 Å². The Kier molecular flexibility index (Phi) is 4.90. The number of hydrogen-bond donors (Lipinski definition) is 2. The highest BCUT2D eigenvalue weighted by molar-refractivity contribution is 5.76. The van der Waals surface area contributed by atoms with E-state index in [1.54, 1.807) is 4.68 Å². The smallest absolute Gasteiger partial charge is 0.263 e. The van der Waals surface area contributed by atoms with Crippen LogP contribution in [-0.2, 0) is 6.42 Å². The molecule has 0 bridgehead atoms. The van der Waals surface area contributed by atoms with E-state index in [9.17, 15) is 4.79 Å². The van der Waals surface area contributed by atoms with Crippen molar-refractivity contribution in [3.05, 3.63) is 76.7 Å². The number of aromatic nitrogens is 4. The van der Waals surface area contributed by atoms with Crippen molar-refractivity contribution in [2.45, 2.75) is 6.42 Å². The molecular weight excluding hydrogens is 352 g/mol. The molecule has 142 valence electrons. The van der Waals surface area contributed by atoms with Crippen LogP contribution in [0.25, 0.3) is 16.7 Å². The highest BCUT2D eigenvalue weighted by Crippen LogP contribution is 2.17. The predicted octanol–water partition coefficient (Wildman–Crippen LogP) is 2.96. The van der Waals surface area contributed by atoms with Gasteiger partial charge in [-0.2, -0.15) is 10.1 Å². The molecule has 4 aromatic rings. The van der Waals surface area contributed by atoms with Gasteiger partial charge in [0.2, 0.25) is 5.95 Å². The molecule has 0 saturated carbocycles. The van der Waals surface area contributed by atoms with Gasteiger partial charge >= 0.3 is 0 Å². The summed E-state index contributed by atoms with van der Waals surface area (Å²) in [6.07, 6.45) is 2.53. The number of nitrogens with zero attached hydrogens (tertiary/aromatic N) is 4. The lowest BCUT2D eigenvalue weighted by atomic mass is 10.1. The van der Waals surface area contributed by atoms with Gasteiger partial charge in [-0.25, -0.2) is 4.68 Å². The molecule has 0 aliphatic carbocycles. The van der Waals surface area contributed by atoms with E-state index < -0.39 is 0 Å². The molecule has 28 heavy (non-hydrogen) atoms. The number of likely N-dealkylation sites (N-methyl/N-ethyl adjacent to an activating group) is 1. The quantitative estimate of drug-likeness (QED) is 0.542. The van der Waals surface area contributed by atoms with E-state index in [1.807, 2.05) is 42.5 Å². The van der Waals surface area contributed by atoms with Crippen LogP contribution in [0, 0.1) is 0 Å². The van der Waals surface area contributed by atoms with Crippen LogP contribution in [0.3, 0.4) is 0 Å². The topological polar surface area (TPSA) is 78.8 Å². The van der Waals surface area contributed by atoms with Crippen molar-refractivity contribution in [2.75, 3.05) is 26.0 Å². The van der Waals surface area contributed by atoms with E-state index in [-0.39, 0.29) is 5.56 Å². The lowest BCUT2D eigenvalue weighted by Gasteiger charge is -2.10. The van der Waals surface area contributed by atoms with Crippen molar-refractivity contribution in [2.24, 2.45) is 0 Å². The summed E-state index contributed by atoms with van der Waals surface area (Å²) >= 11 is 0. The molecule has 0 radical (unpaired) electrons. The Hall–Kier alpha value is -3.45. The van der Waals surface area contributed by atoms with Gasteiger partial charge in [0.25, 0.3) is 5.56 Å². The van der Waals surface area contributed by atoms with E-state index in [0.29, 0.717) is 17.0 Å². The number of benzene rings is 2. The summed E-state index contributed by atoms with van der Waals surface area (Å²) in [5.74, 6) is 0.385. The number of rotatable bonds is 6. The molecule has 0 atom stereocenters. The summed E-state index contributed by atoms with van der Waals surface area (Å²) in [7, 11) is 4.13. The van der Waals surface area contributed by atoms with E-state index in [0.717, 1.165) is 24.3 Å². The van der Waals surface area contributed by atoms with Crippen molar-refractivity contribution in [1.29, 1.82) is 0 Å². The summed E-state index contributed by atoms with van der Waals surface area (Å²) < 4.78 is 1.67. The predicted molar refractivity (Wildman–Crippen MR) is 111 cm³/mol. The number of fused-ring (bicyclic) bond motifs is 1. The normalized spacial score (nSPS) is 11.2. The summed E-state index contributed by atoms with van der Waals surface area (Å²) in [5, 5.41) is 7.95. The van der Waals surface area contributed by atoms with Crippen molar-refractivity contribution in [3.8, 4) is 5.69 Å². The Morgan fingerprint density at radius 1 is 1.07 bits per heavy atom. The Morgan fingerprint density at radius 2 is 1.82 bits per heavy atom. The lowest BCUT2D eigenvalue weighted by molar-refractivity contribution is 0.413. The molecule has 2 heterocycles. The fraction of sp³-hybridized carbons (Fsp3) is 0.190. The van der Waals surface area contributed by atoms with Crippen LogP contribution in [0.5, 0.6) is 0 Å². The van der Waals surface area contributed by atoms with E-state index in [1.165, 1.54) is 11.8 Å². The number of anilines is 2. The first kappa shape index (κ1) is 17.9. The van der Waals surface area contributed by atoms with Gasteiger partial charge in [0.1, 0.15) is 5.39 Å². The summed E-state index contributed by atoms with van der Waals surface area (Å²) in [6.45, 7) is 1.00. The second-order valence-electron chi connectivity index (χ2n) is 6.92. The summed E-state index contributed by atoms with van der Waals surface area (Å²) in [5.41, 5.74) is 3.27. The fourth-order valence-electron chi connectivity index (χ4n) is 2.98. The third kappa shape index (κ3) is 3.79. The zero-order valence-corrected chi connectivity index (χ0v) is 15.9. The average Bonchev–Trinajstić information content (AvgIpc) is 3.12. The minimum absolute atomic E-state index is 0.225. The third-order valence-electron chi connectivity index (χ3n) is 4.50. The second-order valence-corrected chi connectivity index (χ2v) is 6.92. The third-order valence-corrected chi connectivity index (χ3v) is 4.50. The largest absolute Gasteiger partial charge is 0.326 e. The van der Waals surface area contributed by atoms with Crippen molar-refractivity contribution in [1.82, 2.24) is 24.6 Å². The van der Waals surface area contributed by atoms with Crippen molar-refractivity contribution in [3.63, 3.8) is 0 Å². The number of hydrogen-bond acceptors (Lipinski definition) is 5. The Balaban J connectivity index is 1.62. The van der Waals surface area contributed by atoms with Gasteiger partial charge < -0.3 is 10.2 Å². The first-order chi connectivity index (χ1) is 13.6. The standard InChI is InChI=1S/C21H22N6O/c1-26(2)13-12-15-8-10-16(11-9-15)23-21-24-19-18(20(28)25-21)14-22-27(19)17-6-4-3-5-7-17/h3-11,14H,12-13H2,1-2H3,(H2,23,24,25,28). The molecule has 0 aliphatic heterocycles. The maximum atomic E-state index is 12.4. The molecule has 7 nitrogen and oxygen atoms in total. The van der Waals surface area contributed by atoms with Gasteiger partial charge in [-0.1, -0.05) is 30.3 Å². The molecule has 0 aliphatic rings. The first-order valence-electron chi connectivity index (χ1n) is 9.14. The number of aromatic amines is 1. The van der Waals surface area contributed by atoms with Gasteiger partial charge in [0.15, 0.2) is 5.65 Å². The van der Waals surface area contributed by atoms with E-state index in [4.69, 9.17) is 0 Å². The lowest BCUT2D eigenvalue weighted by Crippen LogP contribution is -2.15. The Morgan fingerprint density at radius 3 is 2.54 bits per heavy atom. The maximum Gasteiger partial charge on any atom is 0.263 e. The minimum atomic E-state index is -0.225. The Labute approximate surface area is 162 Å². The maximum absolute atomic E-state index is 12.4. The second kappa shape index (κ2) is 7.66. The van der Waals surface area contributed by atoms with E-state index in [2.05, 4.69) is 51.5 Å². The van der Waals surface area contributed by atoms with Gasteiger partial charge in [0.05, 0.1) is 11.9 Å². The van der Waals surface area contributed by atoms with Gasteiger partial charge in [-0.3, -0.25) is 9.78 Å². The molecule has 4 rings (SSSR count). The molecule has 0 spiro atoms. The van der Waals surface area contributed by atoms with Gasteiger partial charge in [-0.15, -0.1) is 0 Å². The monoisotopic (exact) mass is 374 g/mol. The SMILES string of the molecule is CN(C)CCc1ccc(Nc2nc3c(cnn3-c3ccccc3)c(=O)[nH]2)cc1. The molecule has 2 N–H and O–H groups in total. The van der Waals surface area contributed by atoms with Crippen LogP contribution in [0.4, 0.5) is 11.6 Å². The zero-order valence-electron chi connectivity index (χ0n) is 15.9. The molecule has 2 aromatic carbocycles. The highest BCUT2D eigenvalue weighted by atomic mass is 16.1. The number of nitrogens with one attached hydrogen (secondary N) is 2. The number of para-hydroxylation sites is 1. The molecule has 0 unspecified atom stereocenters. The van der Waals surface area contributed by atoms with E-state index >= 15 is 0 Å². The summed E-state index contributed by atoms with van der Waals surface area (Å²) in [4.78, 5) is 22.0. The molecule has 2 aromatic heterocycles. The zero-order chi connectivity index (χ0) is 19.5. The highest BCUT2D eigenvalue weighted by Gasteiger charge is 2.11. The average molecular weight is 374 g/mol. The van der Waals surface area contributed by atoms with Crippen LogP contribution >= 0.6 is 0 Å². The molecule has 0 saturated heterocycles. The van der Waals surface area contributed by atoms with Gasteiger partial charge in [-0.05, 0) is 50.3 Å². The van der Waals surface area contributed by atoms with Crippen molar-refractivity contribution >= 4 is 22.7 Å². The van der Waals surface area contributed by atoms with Crippen LogP contribution in [0.1, 0.15) is 5.56 Å². The molecule has 7 heteroatoms. The summed E-state index contributed by atoms with van der Waals surface area (Å²) in [6, 6.07) is 17.8. The van der Waals surface area contributed by atoms with Crippen LogP contribution in [-0.4, -0.2) is 45.3 Å². The molecule has 0 amide bonds. The number of H-pyrrole nitrogens is 1. The molecular formula is C21H22N6O.